The van der Waals surface area contributed by atoms with Gasteiger partial charge in [-0.05, 0) is 31.2 Å². The number of benzene rings is 1. The van der Waals surface area contributed by atoms with Crippen molar-refractivity contribution in [2.24, 2.45) is 17.1 Å². The molecule has 1 saturated carbocycles. The SMILES string of the molecule is CCOC1CC(N)(C(=O)Nc2ccc(NC(=O)C(C)C)cc2)C1(C)C. The molecule has 0 aliphatic heterocycles. The van der Waals surface area contributed by atoms with Gasteiger partial charge in [-0.25, -0.2) is 0 Å². The summed E-state index contributed by atoms with van der Waals surface area (Å²) in [6.07, 6.45) is 0.490. The second kappa shape index (κ2) is 7.14. The van der Waals surface area contributed by atoms with Crippen molar-refractivity contribution in [3.63, 3.8) is 0 Å². The van der Waals surface area contributed by atoms with E-state index in [0.717, 1.165) is 0 Å². The molecule has 25 heavy (non-hydrogen) atoms. The monoisotopic (exact) mass is 347 g/mol. The lowest BCUT2D eigenvalue weighted by atomic mass is 9.54. The maximum atomic E-state index is 12.7. The van der Waals surface area contributed by atoms with Gasteiger partial charge >= 0.3 is 0 Å². The highest BCUT2D eigenvalue weighted by Gasteiger charge is 2.62. The van der Waals surface area contributed by atoms with Crippen LogP contribution in [0.15, 0.2) is 24.3 Å². The van der Waals surface area contributed by atoms with Crippen molar-refractivity contribution >= 4 is 23.2 Å². The van der Waals surface area contributed by atoms with Crippen molar-refractivity contribution in [1.82, 2.24) is 0 Å². The van der Waals surface area contributed by atoms with Crippen molar-refractivity contribution < 1.29 is 14.3 Å². The van der Waals surface area contributed by atoms with Gasteiger partial charge in [0.25, 0.3) is 0 Å². The molecule has 1 aromatic rings. The topological polar surface area (TPSA) is 93.4 Å². The highest BCUT2D eigenvalue weighted by Crippen LogP contribution is 2.50. The minimum Gasteiger partial charge on any atom is -0.378 e. The van der Waals surface area contributed by atoms with E-state index in [1.54, 1.807) is 24.3 Å². The van der Waals surface area contributed by atoms with Crippen LogP contribution in [0.1, 0.15) is 41.0 Å². The Morgan fingerprint density at radius 1 is 1.20 bits per heavy atom. The fourth-order valence-corrected chi connectivity index (χ4v) is 2.99. The van der Waals surface area contributed by atoms with Crippen LogP contribution >= 0.6 is 0 Å². The lowest BCUT2D eigenvalue weighted by Crippen LogP contribution is -2.74. The normalized spacial score (nSPS) is 24.5. The fraction of sp³-hybridized carbons (Fsp3) is 0.579. The van der Waals surface area contributed by atoms with Gasteiger partial charge in [-0.15, -0.1) is 0 Å². The number of nitrogens with two attached hydrogens (primary N) is 1. The van der Waals surface area contributed by atoms with Crippen LogP contribution in [0, 0.1) is 11.3 Å². The second-order valence-electron chi connectivity index (χ2n) is 7.52. The molecule has 6 nitrogen and oxygen atoms in total. The molecule has 0 spiro atoms. The van der Waals surface area contributed by atoms with Gasteiger partial charge in [-0.2, -0.15) is 0 Å². The zero-order valence-corrected chi connectivity index (χ0v) is 15.7. The summed E-state index contributed by atoms with van der Waals surface area (Å²) < 4.78 is 5.66. The van der Waals surface area contributed by atoms with Gasteiger partial charge in [-0.3, -0.25) is 9.59 Å². The molecule has 6 heteroatoms. The Balaban J connectivity index is 2.00. The summed E-state index contributed by atoms with van der Waals surface area (Å²) in [6.45, 7) is 10.1. The van der Waals surface area contributed by atoms with Crippen molar-refractivity contribution in [3.8, 4) is 0 Å². The van der Waals surface area contributed by atoms with Crippen LogP contribution in [0.25, 0.3) is 0 Å². The van der Waals surface area contributed by atoms with E-state index in [1.807, 2.05) is 34.6 Å². The molecule has 2 atom stereocenters. The molecule has 0 radical (unpaired) electrons. The molecule has 1 aromatic carbocycles. The smallest absolute Gasteiger partial charge is 0.245 e. The Bertz CT molecular complexity index is 640. The van der Waals surface area contributed by atoms with Gasteiger partial charge in [0, 0.05) is 35.7 Å². The first-order valence-corrected chi connectivity index (χ1v) is 8.74. The molecule has 1 aliphatic rings. The average Bonchev–Trinajstić information content (AvgIpc) is 2.56. The van der Waals surface area contributed by atoms with E-state index < -0.39 is 11.0 Å². The Morgan fingerprint density at radius 3 is 2.16 bits per heavy atom. The summed E-state index contributed by atoms with van der Waals surface area (Å²) in [5.41, 5.74) is 6.32. The van der Waals surface area contributed by atoms with Crippen LogP contribution in [-0.4, -0.2) is 30.1 Å². The third kappa shape index (κ3) is 3.70. The van der Waals surface area contributed by atoms with Gasteiger partial charge in [-0.1, -0.05) is 27.7 Å². The van der Waals surface area contributed by atoms with E-state index in [0.29, 0.717) is 24.4 Å². The summed E-state index contributed by atoms with van der Waals surface area (Å²) in [4.78, 5) is 24.4. The highest BCUT2D eigenvalue weighted by atomic mass is 16.5. The Morgan fingerprint density at radius 2 is 1.72 bits per heavy atom. The predicted octanol–water partition coefficient (Wildman–Crippen LogP) is 2.75. The van der Waals surface area contributed by atoms with Crippen LogP contribution in [0.3, 0.4) is 0 Å². The summed E-state index contributed by atoms with van der Waals surface area (Å²) >= 11 is 0. The minimum atomic E-state index is -0.961. The number of hydrogen-bond acceptors (Lipinski definition) is 4. The summed E-state index contributed by atoms with van der Waals surface area (Å²) in [7, 11) is 0. The number of carbonyl (C=O) groups is 2. The number of ether oxygens (including phenoxy) is 1. The Labute approximate surface area is 149 Å². The maximum Gasteiger partial charge on any atom is 0.245 e. The number of amides is 2. The van der Waals surface area contributed by atoms with Crippen LogP contribution in [0.4, 0.5) is 11.4 Å². The fourth-order valence-electron chi connectivity index (χ4n) is 2.99. The van der Waals surface area contributed by atoms with E-state index >= 15 is 0 Å². The minimum absolute atomic E-state index is 0.0122. The third-order valence-corrected chi connectivity index (χ3v) is 5.17. The van der Waals surface area contributed by atoms with Crippen LogP contribution in [0.2, 0.25) is 0 Å². The zero-order valence-electron chi connectivity index (χ0n) is 15.7. The quantitative estimate of drug-likeness (QED) is 0.737. The van der Waals surface area contributed by atoms with Gasteiger partial charge < -0.3 is 21.1 Å². The van der Waals surface area contributed by atoms with Crippen molar-refractivity contribution in [1.29, 1.82) is 0 Å². The van der Waals surface area contributed by atoms with Crippen molar-refractivity contribution in [2.75, 3.05) is 17.2 Å². The predicted molar refractivity (Wildman–Crippen MR) is 99.3 cm³/mol. The van der Waals surface area contributed by atoms with Crippen LogP contribution in [0.5, 0.6) is 0 Å². The first-order valence-electron chi connectivity index (χ1n) is 8.74. The molecular formula is C19H29N3O3. The lowest BCUT2D eigenvalue weighted by molar-refractivity contribution is -0.166. The standard InChI is InChI=1S/C19H29N3O3/c1-6-25-15-11-19(20,18(15,4)5)17(24)22-14-9-7-13(8-10-14)21-16(23)12(2)3/h7-10,12,15H,6,11,20H2,1-5H3,(H,21,23)(H,22,24). The molecular weight excluding hydrogens is 318 g/mol. The second-order valence-corrected chi connectivity index (χ2v) is 7.52. The summed E-state index contributed by atoms with van der Waals surface area (Å²) in [6, 6.07) is 7.02. The van der Waals surface area contributed by atoms with E-state index in [1.165, 1.54) is 0 Å². The molecule has 0 bridgehead atoms. The van der Waals surface area contributed by atoms with Crippen LogP contribution < -0.4 is 16.4 Å². The lowest BCUT2D eigenvalue weighted by Gasteiger charge is -2.57. The van der Waals surface area contributed by atoms with Gasteiger partial charge in [0.05, 0.1) is 6.10 Å². The molecule has 2 amide bonds. The molecule has 0 aromatic heterocycles. The highest BCUT2D eigenvalue weighted by molar-refractivity contribution is 6.00. The van der Waals surface area contributed by atoms with Gasteiger partial charge in [0.1, 0.15) is 5.54 Å². The average molecular weight is 347 g/mol. The zero-order chi connectivity index (χ0) is 18.8. The summed E-state index contributed by atoms with van der Waals surface area (Å²) in [5.74, 6) is -0.348. The number of carbonyl (C=O) groups excluding carboxylic acids is 2. The van der Waals surface area contributed by atoms with Crippen molar-refractivity contribution in [3.05, 3.63) is 24.3 Å². The largest absolute Gasteiger partial charge is 0.378 e. The first-order chi connectivity index (χ1) is 11.6. The first kappa shape index (κ1) is 19.4. The molecule has 2 rings (SSSR count). The van der Waals surface area contributed by atoms with E-state index in [4.69, 9.17) is 10.5 Å². The maximum absolute atomic E-state index is 12.7. The number of nitrogens with one attached hydrogen (secondary N) is 2. The molecule has 1 fully saturated rings. The van der Waals surface area contributed by atoms with Gasteiger partial charge in [0.15, 0.2) is 0 Å². The molecule has 2 unspecified atom stereocenters. The van der Waals surface area contributed by atoms with E-state index in [-0.39, 0.29) is 23.8 Å². The third-order valence-electron chi connectivity index (χ3n) is 5.17. The Kier molecular flexibility index (Phi) is 5.54. The number of hydrogen-bond donors (Lipinski definition) is 3. The number of rotatable bonds is 6. The van der Waals surface area contributed by atoms with Crippen LogP contribution in [-0.2, 0) is 14.3 Å². The number of anilines is 2. The van der Waals surface area contributed by atoms with E-state index in [2.05, 4.69) is 10.6 Å². The van der Waals surface area contributed by atoms with Gasteiger partial charge in [0.2, 0.25) is 11.8 Å². The Hall–Kier alpha value is -1.92. The molecule has 1 aliphatic carbocycles. The van der Waals surface area contributed by atoms with E-state index in [9.17, 15) is 9.59 Å². The molecule has 0 saturated heterocycles. The molecule has 138 valence electrons. The van der Waals surface area contributed by atoms with Crippen molar-refractivity contribution in [2.45, 2.75) is 52.7 Å². The summed E-state index contributed by atoms with van der Waals surface area (Å²) in [5, 5.41) is 5.69. The molecule has 0 heterocycles. The molecule has 4 N–H and O–H groups in total.